The normalized spacial score (nSPS) is 27.8. The zero-order chi connectivity index (χ0) is 9.10. The minimum Gasteiger partial charge on any atom is -0.367 e. The predicted octanol–water partition coefficient (Wildman–Crippen LogP) is 1.26. The van der Waals surface area contributed by atoms with Gasteiger partial charge in [0, 0.05) is 12.7 Å². The maximum atomic E-state index is 5.71. The van der Waals surface area contributed by atoms with E-state index in [9.17, 15) is 0 Å². The number of pyridine rings is 1. The topological polar surface area (TPSA) is 48.1 Å². The highest BCUT2D eigenvalue weighted by atomic mass is 16.5. The number of nitrogens with two attached hydrogens (primary N) is 1. The van der Waals surface area contributed by atoms with Gasteiger partial charge in [-0.3, -0.25) is 4.98 Å². The van der Waals surface area contributed by atoms with Crippen molar-refractivity contribution in [2.45, 2.75) is 25.0 Å². The van der Waals surface area contributed by atoms with Crippen molar-refractivity contribution in [3.8, 4) is 0 Å². The predicted molar refractivity (Wildman–Crippen MR) is 50.1 cm³/mol. The van der Waals surface area contributed by atoms with Gasteiger partial charge in [-0.1, -0.05) is 6.07 Å². The first-order valence-electron chi connectivity index (χ1n) is 4.66. The van der Waals surface area contributed by atoms with Crippen LogP contribution in [0.3, 0.4) is 0 Å². The lowest BCUT2D eigenvalue weighted by molar-refractivity contribution is 0.0474. The minimum absolute atomic E-state index is 0.162. The van der Waals surface area contributed by atoms with E-state index in [2.05, 4.69) is 4.98 Å². The summed E-state index contributed by atoms with van der Waals surface area (Å²) in [6.45, 7) is 0.614. The molecule has 0 saturated carbocycles. The molecule has 1 aromatic heterocycles. The van der Waals surface area contributed by atoms with E-state index in [0.717, 1.165) is 18.5 Å². The molecule has 2 rings (SSSR count). The Morgan fingerprint density at radius 2 is 2.38 bits per heavy atom. The molecule has 1 aromatic rings. The zero-order valence-electron chi connectivity index (χ0n) is 7.52. The quantitative estimate of drug-likeness (QED) is 0.741. The summed E-state index contributed by atoms with van der Waals surface area (Å²) < 4.78 is 5.71. The second-order valence-corrected chi connectivity index (χ2v) is 3.31. The van der Waals surface area contributed by atoms with Gasteiger partial charge in [0.15, 0.2) is 0 Å². The molecule has 1 aliphatic heterocycles. The highest BCUT2D eigenvalue weighted by molar-refractivity contribution is 5.08. The Balaban J connectivity index is 2.04. The van der Waals surface area contributed by atoms with E-state index >= 15 is 0 Å². The summed E-state index contributed by atoms with van der Waals surface area (Å²) in [7, 11) is 0. The van der Waals surface area contributed by atoms with Gasteiger partial charge < -0.3 is 10.5 Å². The van der Waals surface area contributed by atoms with Crippen molar-refractivity contribution >= 4 is 0 Å². The van der Waals surface area contributed by atoms with Gasteiger partial charge in [0.25, 0.3) is 0 Å². The number of aromatic nitrogens is 1. The molecule has 70 valence electrons. The molecular weight excluding hydrogens is 164 g/mol. The summed E-state index contributed by atoms with van der Waals surface area (Å²) in [6.07, 6.45) is 4.28. The molecular formula is C10H14N2O. The highest BCUT2D eigenvalue weighted by Gasteiger charge is 2.25. The smallest absolute Gasteiger partial charge is 0.0999 e. The van der Waals surface area contributed by atoms with Crippen molar-refractivity contribution < 1.29 is 4.74 Å². The van der Waals surface area contributed by atoms with Gasteiger partial charge in [-0.05, 0) is 25.0 Å². The van der Waals surface area contributed by atoms with Crippen LogP contribution >= 0.6 is 0 Å². The molecule has 3 heteroatoms. The van der Waals surface area contributed by atoms with E-state index in [0.29, 0.717) is 6.54 Å². The summed E-state index contributed by atoms with van der Waals surface area (Å²) >= 11 is 0. The lowest BCUT2D eigenvalue weighted by Crippen LogP contribution is -2.18. The molecule has 0 amide bonds. The summed E-state index contributed by atoms with van der Waals surface area (Å²) in [4.78, 5) is 4.26. The molecule has 0 unspecified atom stereocenters. The standard InChI is InChI=1S/C10H14N2O/c11-7-8-4-5-10(13-8)9-3-1-2-6-12-9/h1-3,6,8,10H,4-5,7,11H2/t8-,10-/m0/s1. The van der Waals surface area contributed by atoms with Crippen LogP contribution in [0.4, 0.5) is 0 Å². The third-order valence-corrected chi connectivity index (χ3v) is 2.39. The second kappa shape index (κ2) is 3.85. The van der Waals surface area contributed by atoms with Crippen molar-refractivity contribution in [3.63, 3.8) is 0 Å². The van der Waals surface area contributed by atoms with Gasteiger partial charge in [0.05, 0.1) is 17.9 Å². The summed E-state index contributed by atoms with van der Waals surface area (Å²) in [5, 5.41) is 0. The van der Waals surface area contributed by atoms with E-state index < -0.39 is 0 Å². The lowest BCUT2D eigenvalue weighted by Gasteiger charge is -2.10. The molecule has 0 bridgehead atoms. The fraction of sp³-hybridized carbons (Fsp3) is 0.500. The Morgan fingerprint density at radius 1 is 1.46 bits per heavy atom. The first kappa shape index (κ1) is 8.66. The Bertz CT molecular complexity index is 263. The maximum Gasteiger partial charge on any atom is 0.0999 e. The zero-order valence-corrected chi connectivity index (χ0v) is 7.52. The number of hydrogen-bond donors (Lipinski definition) is 1. The minimum atomic E-state index is 0.162. The molecule has 1 fully saturated rings. The average molecular weight is 178 g/mol. The number of ether oxygens (including phenoxy) is 1. The van der Waals surface area contributed by atoms with Gasteiger partial charge >= 0.3 is 0 Å². The van der Waals surface area contributed by atoms with E-state index in [1.165, 1.54) is 0 Å². The van der Waals surface area contributed by atoms with Crippen LogP contribution in [0.25, 0.3) is 0 Å². The van der Waals surface area contributed by atoms with Gasteiger partial charge in [0.2, 0.25) is 0 Å². The SMILES string of the molecule is NC[C@@H]1CC[C@@H](c2ccccn2)O1. The summed E-state index contributed by atoms with van der Waals surface area (Å²) in [6, 6.07) is 5.91. The molecule has 2 heterocycles. The van der Waals surface area contributed by atoms with E-state index in [1.807, 2.05) is 18.2 Å². The van der Waals surface area contributed by atoms with Crippen LogP contribution in [0.1, 0.15) is 24.6 Å². The van der Waals surface area contributed by atoms with E-state index in [1.54, 1.807) is 6.20 Å². The maximum absolute atomic E-state index is 5.71. The van der Waals surface area contributed by atoms with Crippen molar-refractivity contribution in [2.75, 3.05) is 6.54 Å². The number of rotatable bonds is 2. The van der Waals surface area contributed by atoms with Crippen molar-refractivity contribution in [1.29, 1.82) is 0 Å². The molecule has 0 spiro atoms. The Morgan fingerprint density at radius 3 is 3.00 bits per heavy atom. The van der Waals surface area contributed by atoms with Crippen molar-refractivity contribution in [2.24, 2.45) is 5.73 Å². The van der Waals surface area contributed by atoms with Gasteiger partial charge in [-0.2, -0.15) is 0 Å². The third kappa shape index (κ3) is 1.87. The molecule has 13 heavy (non-hydrogen) atoms. The fourth-order valence-corrected chi connectivity index (χ4v) is 1.66. The van der Waals surface area contributed by atoms with E-state index in [4.69, 9.17) is 10.5 Å². The molecule has 2 N–H and O–H groups in total. The molecule has 0 radical (unpaired) electrons. The second-order valence-electron chi connectivity index (χ2n) is 3.31. The molecule has 1 aliphatic rings. The van der Waals surface area contributed by atoms with Gasteiger partial charge in [-0.25, -0.2) is 0 Å². The van der Waals surface area contributed by atoms with Gasteiger partial charge in [-0.15, -0.1) is 0 Å². The van der Waals surface area contributed by atoms with Crippen LogP contribution in [0, 0.1) is 0 Å². The van der Waals surface area contributed by atoms with Crippen LogP contribution in [0.15, 0.2) is 24.4 Å². The summed E-state index contributed by atoms with van der Waals surface area (Å²) in [5.74, 6) is 0. The van der Waals surface area contributed by atoms with Crippen LogP contribution in [0.2, 0.25) is 0 Å². The first-order chi connectivity index (χ1) is 6.40. The van der Waals surface area contributed by atoms with Crippen molar-refractivity contribution in [3.05, 3.63) is 30.1 Å². The van der Waals surface area contributed by atoms with Gasteiger partial charge in [0.1, 0.15) is 0 Å². The van der Waals surface area contributed by atoms with Crippen LogP contribution in [-0.4, -0.2) is 17.6 Å². The Hall–Kier alpha value is -0.930. The largest absolute Gasteiger partial charge is 0.367 e. The molecule has 1 saturated heterocycles. The molecule has 2 atom stereocenters. The highest BCUT2D eigenvalue weighted by Crippen LogP contribution is 2.30. The average Bonchev–Trinajstić information content (AvgIpc) is 2.67. The monoisotopic (exact) mass is 178 g/mol. The van der Waals surface area contributed by atoms with Crippen LogP contribution in [0.5, 0.6) is 0 Å². The Kier molecular flexibility index (Phi) is 2.57. The molecule has 0 aromatic carbocycles. The Labute approximate surface area is 77.9 Å². The number of nitrogens with zero attached hydrogens (tertiary/aromatic N) is 1. The van der Waals surface area contributed by atoms with Crippen LogP contribution < -0.4 is 5.73 Å². The van der Waals surface area contributed by atoms with Crippen LogP contribution in [-0.2, 0) is 4.74 Å². The summed E-state index contributed by atoms with van der Waals surface area (Å²) in [5.41, 5.74) is 6.56. The first-order valence-corrected chi connectivity index (χ1v) is 4.66. The third-order valence-electron chi connectivity index (χ3n) is 2.39. The molecule has 0 aliphatic carbocycles. The van der Waals surface area contributed by atoms with E-state index in [-0.39, 0.29) is 12.2 Å². The molecule has 3 nitrogen and oxygen atoms in total. The number of hydrogen-bond acceptors (Lipinski definition) is 3. The van der Waals surface area contributed by atoms with Crippen molar-refractivity contribution in [1.82, 2.24) is 4.98 Å². The lowest BCUT2D eigenvalue weighted by atomic mass is 10.1. The fourth-order valence-electron chi connectivity index (χ4n) is 1.66.